The number of benzene rings is 1. The zero-order valence-electron chi connectivity index (χ0n) is 9.29. The van der Waals surface area contributed by atoms with Crippen molar-refractivity contribution in [3.8, 4) is 0 Å². The first-order chi connectivity index (χ1) is 8.38. The molecule has 0 unspecified atom stereocenters. The Balaban J connectivity index is 2.36. The third kappa shape index (κ3) is 2.44. The summed E-state index contributed by atoms with van der Waals surface area (Å²) >= 11 is 0. The quantitative estimate of drug-likeness (QED) is 0.838. The van der Waals surface area contributed by atoms with Crippen LogP contribution < -0.4 is 5.32 Å². The first kappa shape index (κ1) is 12.4. The van der Waals surface area contributed by atoms with Crippen molar-refractivity contribution in [2.24, 2.45) is 7.05 Å². The van der Waals surface area contributed by atoms with Crippen LogP contribution in [0.2, 0.25) is 0 Å². The molecule has 2 aromatic rings. The van der Waals surface area contributed by atoms with Gasteiger partial charge in [0, 0.05) is 19.4 Å². The molecule has 0 aliphatic carbocycles. The summed E-state index contributed by atoms with van der Waals surface area (Å²) in [7, 11) is 1.64. The van der Waals surface area contributed by atoms with Gasteiger partial charge in [-0.1, -0.05) is 0 Å². The maximum Gasteiger partial charge on any atom is 0.416 e. The summed E-state index contributed by atoms with van der Waals surface area (Å²) in [5, 5.41) is 2.51. The van der Waals surface area contributed by atoms with Crippen molar-refractivity contribution in [3.05, 3.63) is 42.0 Å². The lowest BCUT2D eigenvalue weighted by atomic mass is 10.2. The zero-order valence-corrected chi connectivity index (χ0v) is 9.29. The summed E-state index contributed by atoms with van der Waals surface area (Å²) in [5.41, 5.74) is -1.18. The molecule has 3 nitrogen and oxygen atoms in total. The number of anilines is 2. The number of aromatic nitrogens is 2. The highest BCUT2D eigenvalue weighted by Crippen LogP contribution is 2.32. The molecule has 1 heterocycles. The predicted octanol–water partition coefficient (Wildman–Crippen LogP) is 3.32. The van der Waals surface area contributed by atoms with Gasteiger partial charge in [0.2, 0.25) is 5.95 Å². The number of nitrogens with one attached hydrogen (secondary N) is 1. The van der Waals surface area contributed by atoms with E-state index in [0.29, 0.717) is 12.1 Å². The molecule has 18 heavy (non-hydrogen) atoms. The Bertz CT molecular complexity index is 560. The van der Waals surface area contributed by atoms with Gasteiger partial charge in [0.05, 0.1) is 11.3 Å². The topological polar surface area (TPSA) is 29.9 Å². The molecule has 2 rings (SSSR count). The lowest BCUT2D eigenvalue weighted by Gasteiger charge is -2.11. The van der Waals surface area contributed by atoms with Gasteiger partial charge in [-0.2, -0.15) is 13.2 Å². The van der Waals surface area contributed by atoms with Crippen molar-refractivity contribution in [2.45, 2.75) is 6.18 Å². The molecule has 1 N–H and O–H groups in total. The predicted molar refractivity (Wildman–Crippen MR) is 57.9 cm³/mol. The number of nitrogens with zero attached hydrogens (tertiary/aromatic N) is 2. The molecule has 0 radical (unpaired) electrons. The third-order valence-corrected chi connectivity index (χ3v) is 2.36. The van der Waals surface area contributed by atoms with Gasteiger partial charge in [-0.15, -0.1) is 0 Å². The van der Waals surface area contributed by atoms with E-state index in [0.717, 1.165) is 6.07 Å². The third-order valence-electron chi connectivity index (χ3n) is 2.36. The van der Waals surface area contributed by atoms with Gasteiger partial charge < -0.3 is 9.88 Å². The lowest BCUT2D eigenvalue weighted by molar-refractivity contribution is -0.137. The van der Waals surface area contributed by atoms with Crippen LogP contribution in [-0.2, 0) is 13.2 Å². The van der Waals surface area contributed by atoms with Gasteiger partial charge in [-0.3, -0.25) is 0 Å². The Morgan fingerprint density at radius 1 is 1.28 bits per heavy atom. The van der Waals surface area contributed by atoms with E-state index in [1.54, 1.807) is 13.2 Å². The van der Waals surface area contributed by atoms with E-state index in [9.17, 15) is 17.6 Å². The Kier molecular flexibility index (Phi) is 2.98. The van der Waals surface area contributed by atoms with E-state index in [4.69, 9.17) is 0 Å². The van der Waals surface area contributed by atoms with Gasteiger partial charge in [-0.25, -0.2) is 9.37 Å². The van der Waals surface area contributed by atoms with Crippen molar-refractivity contribution in [3.63, 3.8) is 0 Å². The zero-order chi connectivity index (χ0) is 13.3. The summed E-state index contributed by atoms with van der Waals surface area (Å²) in [5.74, 6) is -0.515. The minimum atomic E-state index is -4.51. The Hall–Kier alpha value is -2.05. The summed E-state index contributed by atoms with van der Waals surface area (Å²) in [6.45, 7) is 0. The van der Waals surface area contributed by atoms with Crippen LogP contribution >= 0.6 is 0 Å². The molecule has 0 aliphatic rings. The molecule has 0 amide bonds. The molecule has 1 aromatic heterocycles. The molecule has 0 fully saturated rings. The number of hydrogen-bond donors (Lipinski definition) is 1. The van der Waals surface area contributed by atoms with E-state index < -0.39 is 17.6 Å². The normalized spacial score (nSPS) is 11.6. The summed E-state index contributed by atoms with van der Waals surface area (Å²) in [4.78, 5) is 3.85. The first-order valence-corrected chi connectivity index (χ1v) is 4.99. The lowest BCUT2D eigenvalue weighted by Crippen LogP contribution is -2.07. The van der Waals surface area contributed by atoms with Crippen molar-refractivity contribution >= 4 is 11.6 Å². The molecular formula is C11H9F4N3. The second-order valence-electron chi connectivity index (χ2n) is 3.68. The maximum atomic E-state index is 13.4. The van der Waals surface area contributed by atoms with Crippen LogP contribution in [0.3, 0.4) is 0 Å². The fourth-order valence-corrected chi connectivity index (χ4v) is 1.40. The van der Waals surface area contributed by atoms with E-state index in [-0.39, 0.29) is 11.6 Å². The number of alkyl halides is 3. The molecule has 0 aliphatic heterocycles. The van der Waals surface area contributed by atoms with Crippen LogP contribution in [0.15, 0.2) is 30.6 Å². The molecule has 96 valence electrons. The summed E-state index contributed by atoms with van der Waals surface area (Å²) < 4.78 is 52.4. The molecule has 7 heteroatoms. The number of rotatable bonds is 2. The largest absolute Gasteiger partial charge is 0.416 e. The maximum absolute atomic E-state index is 13.4. The summed E-state index contributed by atoms with van der Waals surface area (Å²) in [6.07, 6.45) is -1.46. The SMILES string of the molecule is Cn1ccnc1Nc1cc(C(F)(F)F)ccc1F. The van der Waals surface area contributed by atoms with Crippen LogP contribution in [0.25, 0.3) is 0 Å². The van der Waals surface area contributed by atoms with E-state index in [2.05, 4.69) is 10.3 Å². The Morgan fingerprint density at radius 2 is 2.00 bits per heavy atom. The molecule has 0 saturated heterocycles. The van der Waals surface area contributed by atoms with Crippen molar-refractivity contribution in [1.29, 1.82) is 0 Å². The minimum Gasteiger partial charge on any atom is -0.323 e. The van der Waals surface area contributed by atoms with Gasteiger partial charge in [0.1, 0.15) is 5.82 Å². The molecule has 1 aromatic carbocycles. The van der Waals surface area contributed by atoms with Crippen LogP contribution in [-0.4, -0.2) is 9.55 Å². The second kappa shape index (κ2) is 4.32. The Morgan fingerprint density at radius 3 is 2.56 bits per heavy atom. The summed E-state index contributed by atoms with van der Waals surface area (Å²) in [6, 6.07) is 2.18. The van der Waals surface area contributed by atoms with Gasteiger partial charge >= 0.3 is 6.18 Å². The van der Waals surface area contributed by atoms with Crippen molar-refractivity contribution in [1.82, 2.24) is 9.55 Å². The number of aryl methyl sites for hydroxylation is 1. The number of imidazole rings is 1. The van der Waals surface area contributed by atoms with Crippen LogP contribution in [0.5, 0.6) is 0 Å². The van der Waals surface area contributed by atoms with E-state index >= 15 is 0 Å². The van der Waals surface area contributed by atoms with E-state index in [1.807, 2.05) is 0 Å². The fourth-order valence-electron chi connectivity index (χ4n) is 1.40. The van der Waals surface area contributed by atoms with Crippen molar-refractivity contribution in [2.75, 3.05) is 5.32 Å². The highest BCUT2D eigenvalue weighted by Gasteiger charge is 2.31. The smallest absolute Gasteiger partial charge is 0.323 e. The van der Waals surface area contributed by atoms with Crippen LogP contribution in [0.4, 0.5) is 29.2 Å². The number of hydrogen-bond acceptors (Lipinski definition) is 2. The first-order valence-electron chi connectivity index (χ1n) is 4.99. The number of halogens is 4. The second-order valence-corrected chi connectivity index (χ2v) is 3.68. The molecule has 0 saturated carbocycles. The standard InChI is InChI=1S/C11H9F4N3/c1-18-5-4-16-10(18)17-9-6-7(11(13,14)15)2-3-8(9)12/h2-6H,1H3,(H,16,17). The van der Waals surface area contributed by atoms with Gasteiger partial charge in [0.15, 0.2) is 0 Å². The Labute approximate surface area is 100 Å². The van der Waals surface area contributed by atoms with Gasteiger partial charge in [-0.05, 0) is 18.2 Å². The van der Waals surface area contributed by atoms with Crippen LogP contribution in [0, 0.1) is 5.82 Å². The van der Waals surface area contributed by atoms with Crippen molar-refractivity contribution < 1.29 is 17.6 Å². The highest BCUT2D eigenvalue weighted by atomic mass is 19.4. The average Bonchev–Trinajstić information content (AvgIpc) is 2.66. The molecule has 0 atom stereocenters. The molecule has 0 spiro atoms. The molecular weight excluding hydrogens is 250 g/mol. The molecule has 0 bridgehead atoms. The fraction of sp³-hybridized carbons (Fsp3) is 0.182. The average molecular weight is 259 g/mol. The monoisotopic (exact) mass is 259 g/mol. The van der Waals surface area contributed by atoms with Gasteiger partial charge in [0.25, 0.3) is 0 Å². The van der Waals surface area contributed by atoms with Crippen LogP contribution in [0.1, 0.15) is 5.56 Å². The highest BCUT2D eigenvalue weighted by molar-refractivity contribution is 5.56. The van der Waals surface area contributed by atoms with E-state index in [1.165, 1.54) is 10.8 Å². The minimum absolute atomic E-state index is 0.258.